The maximum absolute atomic E-state index is 11.3. The van der Waals surface area contributed by atoms with Gasteiger partial charge in [0, 0.05) is 19.9 Å². The quantitative estimate of drug-likeness (QED) is 0.602. The van der Waals surface area contributed by atoms with Gasteiger partial charge in [-0.2, -0.15) is 0 Å². The lowest BCUT2D eigenvalue weighted by molar-refractivity contribution is -0.145. The molecular formula is C13H17NO3. The van der Waals surface area contributed by atoms with Crippen LogP contribution in [0.4, 0.5) is 0 Å². The lowest BCUT2D eigenvalue weighted by Gasteiger charge is -2.05. The molecule has 0 spiro atoms. The summed E-state index contributed by atoms with van der Waals surface area (Å²) in [7, 11) is 0. The van der Waals surface area contributed by atoms with Crippen LogP contribution < -0.4 is 5.32 Å². The average molecular weight is 235 g/mol. The Bertz CT molecular complexity index is 362. The van der Waals surface area contributed by atoms with E-state index in [4.69, 9.17) is 4.74 Å². The highest BCUT2D eigenvalue weighted by Crippen LogP contribution is 2.02. The van der Waals surface area contributed by atoms with Crippen LogP contribution in [0.15, 0.2) is 30.3 Å². The Labute approximate surface area is 101 Å². The summed E-state index contributed by atoms with van der Waals surface area (Å²) < 4.78 is 5.08. The first-order chi connectivity index (χ1) is 8.18. The van der Waals surface area contributed by atoms with Crippen molar-refractivity contribution in [2.24, 2.45) is 0 Å². The third-order valence-electron chi connectivity index (χ3n) is 2.17. The number of benzene rings is 1. The van der Waals surface area contributed by atoms with E-state index in [-0.39, 0.29) is 11.9 Å². The molecule has 1 aromatic carbocycles. The number of carbonyl (C=O) groups excluding carboxylic acids is 2. The van der Waals surface area contributed by atoms with E-state index in [0.29, 0.717) is 26.0 Å². The number of hydrogen-bond donors (Lipinski definition) is 1. The minimum Gasteiger partial charge on any atom is -0.461 e. The molecule has 0 aliphatic carbocycles. The first kappa shape index (κ1) is 13.2. The van der Waals surface area contributed by atoms with E-state index in [1.165, 1.54) is 6.92 Å². The zero-order chi connectivity index (χ0) is 12.5. The third-order valence-corrected chi connectivity index (χ3v) is 2.17. The number of hydrogen-bond acceptors (Lipinski definition) is 3. The van der Waals surface area contributed by atoms with Crippen LogP contribution in [0.3, 0.4) is 0 Å². The summed E-state index contributed by atoms with van der Waals surface area (Å²) in [4.78, 5) is 21.9. The van der Waals surface area contributed by atoms with Gasteiger partial charge in [-0.15, -0.1) is 0 Å². The van der Waals surface area contributed by atoms with Crippen molar-refractivity contribution in [3.63, 3.8) is 0 Å². The number of nitrogens with one attached hydrogen (secondary N) is 1. The molecule has 17 heavy (non-hydrogen) atoms. The topological polar surface area (TPSA) is 55.4 Å². The molecular weight excluding hydrogens is 218 g/mol. The van der Waals surface area contributed by atoms with Gasteiger partial charge in [0.2, 0.25) is 5.91 Å². The summed E-state index contributed by atoms with van der Waals surface area (Å²) in [6, 6.07) is 9.54. The second-order valence-electron chi connectivity index (χ2n) is 3.73. The van der Waals surface area contributed by atoms with Crippen molar-refractivity contribution >= 4 is 11.9 Å². The van der Waals surface area contributed by atoms with Crippen LogP contribution in [0.5, 0.6) is 0 Å². The molecule has 0 heterocycles. The highest BCUT2D eigenvalue weighted by Gasteiger charge is 2.03. The number of rotatable bonds is 6. The predicted molar refractivity (Wildman–Crippen MR) is 64.2 cm³/mol. The van der Waals surface area contributed by atoms with Crippen LogP contribution in [-0.4, -0.2) is 18.4 Å². The van der Waals surface area contributed by atoms with Gasteiger partial charge in [-0.1, -0.05) is 30.3 Å². The van der Waals surface area contributed by atoms with Crippen LogP contribution in [0, 0.1) is 0 Å². The van der Waals surface area contributed by atoms with Crippen LogP contribution >= 0.6 is 0 Å². The van der Waals surface area contributed by atoms with Crippen LogP contribution in [0.1, 0.15) is 25.3 Å². The second kappa shape index (κ2) is 7.44. The zero-order valence-electron chi connectivity index (χ0n) is 9.94. The number of carbonyl (C=O) groups is 2. The summed E-state index contributed by atoms with van der Waals surface area (Å²) >= 11 is 0. The fourth-order valence-electron chi connectivity index (χ4n) is 1.31. The smallest absolute Gasteiger partial charge is 0.306 e. The first-order valence-electron chi connectivity index (χ1n) is 5.62. The van der Waals surface area contributed by atoms with Gasteiger partial charge in [0.05, 0.1) is 0 Å². The maximum Gasteiger partial charge on any atom is 0.306 e. The molecule has 1 rings (SSSR count). The highest BCUT2D eigenvalue weighted by molar-refractivity contribution is 5.73. The standard InChI is InChI=1S/C13H17NO3/c1-11(15)14-9-5-8-13(16)17-10-12-6-3-2-4-7-12/h2-4,6-7H,5,8-10H2,1H3,(H,14,15). The number of amides is 1. The van der Waals surface area contributed by atoms with Crippen LogP contribution in [0.2, 0.25) is 0 Å². The molecule has 0 aliphatic heterocycles. The molecule has 1 N–H and O–H groups in total. The fourth-order valence-corrected chi connectivity index (χ4v) is 1.31. The molecule has 0 saturated carbocycles. The highest BCUT2D eigenvalue weighted by atomic mass is 16.5. The van der Waals surface area contributed by atoms with Crippen molar-refractivity contribution < 1.29 is 14.3 Å². The summed E-state index contributed by atoms with van der Waals surface area (Å²) in [5, 5.41) is 2.63. The van der Waals surface area contributed by atoms with Crippen molar-refractivity contribution in [2.45, 2.75) is 26.4 Å². The van der Waals surface area contributed by atoms with E-state index in [2.05, 4.69) is 5.32 Å². The molecule has 0 fully saturated rings. The van der Waals surface area contributed by atoms with E-state index in [1.807, 2.05) is 30.3 Å². The molecule has 4 nitrogen and oxygen atoms in total. The average Bonchev–Trinajstić information content (AvgIpc) is 2.33. The lowest BCUT2D eigenvalue weighted by atomic mass is 10.2. The van der Waals surface area contributed by atoms with E-state index < -0.39 is 0 Å². The molecule has 0 aliphatic rings. The van der Waals surface area contributed by atoms with Gasteiger partial charge in [-0.3, -0.25) is 9.59 Å². The van der Waals surface area contributed by atoms with Gasteiger partial charge in [-0.25, -0.2) is 0 Å². The second-order valence-corrected chi connectivity index (χ2v) is 3.73. The Kier molecular flexibility index (Phi) is 5.79. The predicted octanol–water partition coefficient (Wildman–Crippen LogP) is 1.65. The zero-order valence-corrected chi connectivity index (χ0v) is 9.94. The molecule has 0 unspecified atom stereocenters. The van der Waals surface area contributed by atoms with Crippen LogP contribution in [0.25, 0.3) is 0 Å². The minimum atomic E-state index is -0.237. The van der Waals surface area contributed by atoms with Gasteiger partial charge in [0.25, 0.3) is 0 Å². The number of esters is 1. The molecule has 4 heteroatoms. The van der Waals surface area contributed by atoms with Gasteiger partial charge in [0.15, 0.2) is 0 Å². The Morgan fingerprint density at radius 3 is 2.59 bits per heavy atom. The van der Waals surface area contributed by atoms with Crippen molar-refractivity contribution in [2.75, 3.05) is 6.54 Å². The van der Waals surface area contributed by atoms with E-state index >= 15 is 0 Å². The lowest BCUT2D eigenvalue weighted by Crippen LogP contribution is -2.21. The van der Waals surface area contributed by atoms with Crippen molar-refractivity contribution in [3.05, 3.63) is 35.9 Å². The molecule has 1 aromatic rings. The Morgan fingerprint density at radius 2 is 1.94 bits per heavy atom. The Balaban J connectivity index is 2.11. The van der Waals surface area contributed by atoms with Crippen molar-refractivity contribution in [1.82, 2.24) is 5.32 Å². The van der Waals surface area contributed by atoms with Gasteiger partial charge in [0.1, 0.15) is 6.61 Å². The minimum absolute atomic E-state index is 0.0809. The van der Waals surface area contributed by atoms with E-state index in [9.17, 15) is 9.59 Å². The Morgan fingerprint density at radius 1 is 1.24 bits per heavy atom. The molecule has 0 radical (unpaired) electrons. The normalized spacial score (nSPS) is 9.71. The van der Waals surface area contributed by atoms with Crippen molar-refractivity contribution in [3.8, 4) is 0 Å². The molecule has 0 atom stereocenters. The molecule has 92 valence electrons. The van der Waals surface area contributed by atoms with Gasteiger partial charge < -0.3 is 10.1 Å². The summed E-state index contributed by atoms with van der Waals surface area (Å²) in [6.07, 6.45) is 0.931. The largest absolute Gasteiger partial charge is 0.461 e. The fraction of sp³-hybridized carbons (Fsp3) is 0.385. The Hall–Kier alpha value is -1.84. The monoisotopic (exact) mass is 235 g/mol. The molecule has 0 bridgehead atoms. The maximum atomic E-state index is 11.3. The van der Waals surface area contributed by atoms with E-state index in [0.717, 1.165) is 5.56 Å². The number of ether oxygens (including phenoxy) is 1. The summed E-state index contributed by atoms with van der Waals surface area (Å²) in [5.74, 6) is -0.318. The van der Waals surface area contributed by atoms with Crippen molar-refractivity contribution in [1.29, 1.82) is 0 Å². The van der Waals surface area contributed by atoms with Crippen LogP contribution in [-0.2, 0) is 20.9 Å². The van der Waals surface area contributed by atoms with Gasteiger partial charge >= 0.3 is 5.97 Å². The molecule has 0 aromatic heterocycles. The first-order valence-corrected chi connectivity index (χ1v) is 5.62. The molecule has 1 amide bonds. The molecule has 0 saturated heterocycles. The summed E-state index contributed by atoms with van der Waals surface area (Å²) in [5.41, 5.74) is 0.975. The third kappa shape index (κ3) is 6.35. The SMILES string of the molecule is CC(=O)NCCCC(=O)OCc1ccccc1. The summed E-state index contributed by atoms with van der Waals surface area (Å²) in [6.45, 7) is 2.27. The van der Waals surface area contributed by atoms with Gasteiger partial charge in [-0.05, 0) is 12.0 Å². The van der Waals surface area contributed by atoms with E-state index in [1.54, 1.807) is 0 Å².